The van der Waals surface area contributed by atoms with Gasteiger partial charge in [0.1, 0.15) is 0 Å². The van der Waals surface area contributed by atoms with E-state index in [9.17, 15) is 9.59 Å². The molecule has 2 aromatic rings. The number of benzene rings is 2. The summed E-state index contributed by atoms with van der Waals surface area (Å²) < 4.78 is 0. The van der Waals surface area contributed by atoms with Crippen molar-refractivity contribution in [2.75, 3.05) is 10.6 Å². The minimum absolute atomic E-state index is 0.0630. The van der Waals surface area contributed by atoms with Crippen LogP contribution in [0.25, 0.3) is 0 Å². The zero-order chi connectivity index (χ0) is 19.7. The lowest BCUT2D eigenvalue weighted by molar-refractivity contribution is -0.134. The second kappa shape index (κ2) is 7.63. The quantitative estimate of drug-likeness (QED) is 0.762. The van der Waals surface area contributed by atoms with Gasteiger partial charge >= 0.3 is 0 Å². The SMILES string of the molecule is Cc1ccc(NC(=O)[C@@H]2[C@H](C(=O)Nc3ccc(C)cc3)[C@@H]3C=C[C@@H]2CC3)cc1. The molecule has 0 unspecified atom stereocenters. The number of nitrogens with one attached hydrogen (secondary N) is 2. The van der Waals surface area contributed by atoms with Gasteiger partial charge in [-0.2, -0.15) is 0 Å². The molecule has 2 N–H and O–H groups in total. The van der Waals surface area contributed by atoms with Gasteiger partial charge in [0.25, 0.3) is 0 Å². The molecule has 0 heterocycles. The van der Waals surface area contributed by atoms with E-state index in [-0.39, 0.29) is 35.5 Å². The minimum atomic E-state index is -0.337. The summed E-state index contributed by atoms with van der Waals surface area (Å²) in [6.45, 7) is 4.03. The summed E-state index contributed by atoms with van der Waals surface area (Å²) in [5.41, 5.74) is 3.85. The van der Waals surface area contributed by atoms with Crippen molar-refractivity contribution in [1.29, 1.82) is 0 Å². The van der Waals surface area contributed by atoms with Crippen LogP contribution in [0.4, 0.5) is 11.4 Å². The largest absolute Gasteiger partial charge is 0.326 e. The van der Waals surface area contributed by atoms with Gasteiger partial charge < -0.3 is 10.6 Å². The maximum Gasteiger partial charge on any atom is 0.228 e. The number of hydrogen-bond acceptors (Lipinski definition) is 2. The van der Waals surface area contributed by atoms with Crippen molar-refractivity contribution >= 4 is 23.2 Å². The molecule has 0 aliphatic heterocycles. The van der Waals surface area contributed by atoms with Crippen molar-refractivity contribution in [3.63, 3.8) is 0 Å². The maximum atomic E-state index is 13.1. The Kier molecular flexibility index (Phi) is 5.03. The molecular weight excluding hydrogens is 348 g/mol. The van der Waals surface area contributed by atoms with Crippen LogP contribution in [0, 0.1) is 37.5 Å². The van der Waals surface area contributed by atoms with E-state index < -0.39 is 0 Å². The fourth-order valence-electron chi connectivity index (χ4n) is 4.43. The van der Waals surface area contributed by atoms with Crippen molar-refractivity contribution < 1.29 is 9.59 Å². The number of amides is 2. The van der Waals surface area contributed by atoms with Crippen LogP contribution >= 0.6 is 0 Å². The fraction of sp³-hybridized carbons (Fsp3) is 0.333. The summed E-state index contributed by atoms with van der Waals surface area (Å²) in [7, 11) is 0. The molecule has 0 aromatic heterocycles. The van der Waals surface area contributed by atoms with Crippen molar-refractivity contribution in [3.8, 4) is 0 Å². The van der Waals surface area contributed by atoms with E-state index in [1.807, 2.05) is 62.4 Å². The number of aryl methyl sites for hydroxylation is 2. The standard InChI is InChI=1S/C24H26N2O2/c1-15-3-11-19(12-4-15)25-23(27)21-17-7-9-18(10-8-17)22(21)24(28)26-20-13-5-16(2)6-14-20/h3-7,9,11-14,17-18,21-22H,8,10H2,1-2H3,(H,25,27)(H,26,28)/t17-,18-,21-,22+/m1/s1. The zero-order valence-electron chi connectivity index (χ0n) is 16.3. The first kappa shape index (κ1) is 18.5. The normalized spacial score (nSPS) is 25.4. The van der Waals surface area contributed by atoms with Crippen LogP contribution in [-0.4, -0.2) is 11.8 Å². The first-order valence-electron chi connectivity index (χ1n) is 9.94. The highest BCUT2D eigenvalue weighted by Crippen LogP contribution is 2.45. The van der Waals surface area contributed by atoms with Crippen molar-refractivity contribution in [2.24, 2.45) is 23.7 Å². The van der Waals surface area contributed by atoms with Gasteiger partial charge in [0.15, 0.2) is 0 Å². The highest BCUT2D eigenvalue weighted by molar-refractivity contribution is 6.00. The summed E-state index contributed by atoms with van der Waals surface area (Å²) in [4.78, 5) is 26.3. The molecule has 3 aliphatic rings. The molecule has 4 atom stereocenters. The summed E-state index contributed by atoms with van der Waals surface area (Å²) >= 11 is 0. The maximum absolute atomic E-state index is 13.1. The molecule has 1 fully saturated rings. The average molecular weight is 374 g/mol. The average Bonchev–Trinajstić information content (AvgIpc) is 2.71. The van der Waals surface area contributed by atoms with E-state index in [1.165, 1.54) is 0 Å². The molecule has 0 spiro atoms. The zero-order valence-corrected chi connectivity index (χ0v) is 16.3. The smallest absolute Gasteiger partial charge is 0.228 e. The second-order valence-corrected chi connectivity index (χ2v) is 8.05. The number of carbonyl (C=O) groups is 2. The van der Waals surface area contributed by atoms with E-state index in [0.29, 0.717) is 0 Å². The van der Waals surface area contributed by atoms with Crippen molar-refractivity contribution in [1.82, 2.24) is 0 Å². The topological polar surface area (TPSA) is 58.2 Å². The van der Waals surface area contributed by atoms with Gasteiger partial charge in [-0.1, -0.05) is 47.5 Å². The number of anilines is 2. The van der Waals surface area contributed by atoms with Crippen LogP contribution < -0.4 is 10.6 Å². The van der Waals surface area contributed by atoms with Crippen LogP contribution in [0.2, 0.25) is 0 Å². The minimum Gasteiger partial charge on any atom is -0.326 e. The van der Waals surface area contributed by atoms with Gasteiger partial charge in [-0.3, -0.25) is 9.59 Å². The summed E-state index contributed by atoms with van der Waals surface area (Å²) in [6.07, 6.45) is 6.18. The van der Waals surface area contributed by atoms with Gasteiger partial charge in [0, 0.05) is 11.4 Å². The van der Waals surface area contributed by atoms with Crippen LogP contribution in [0.1, 0.15) is 24.0 Å². The van der Waals surface area contributed by atoms with E-state index in [0.717, 1.165) is 35.3 Å². The van der Waals surface area contributed by atoms with Gasteiger partial charge in [-0.15, -0.1) is 0 Å². The van der Waals surface area contributed by atoms with Crippen LogP contribution in [0.15, 0.2) is 60.7 Å². The Morgan fingerprint density at radius 1 is 0.679 bits per heavy atom. The Morgan fingerprint density at radius 3 is 1.36 bits per heavy atom. The monoisotopic (exact) mass is 374 g/mol. The first-order chi connectivity index (χ1) is 13.5. The van der Waals surface area contributed by atoms with Crippen molar-refractivity contribution in [2.45, 2.75) is 26.7 Å². The van der Waals surface area contributed by atoms with Gasteiger partial charge in [-0.05, 0) is 62.8 Å². The van der Waals surface area contributed by atoms with Crippen molar-refractivity contribution in [3.05, 3.63) is 71.8 Å². The van der Waals surface area contributed by atoms with Crippen LogP contribution in [0.3, 0.4) is 0 Å². The predicted octanol–water partition coefficient (Wildman–Crippen LogP) is 4.71. The lowest BCUT2D eigenvalue weighted by Crippen LogP contribution is -2.48. The molecule has 2 aromatic carbocycles. The molecule has 5 rings (SSSR count). The molecule has 3 aliphatic carbocycles. The Hall–Kier alpha value is -2.88. The molecule has 0 saturated heterocycles. The Morgan fingerprint density at radius 2 is 1.04 bits per heavy atom. The van der Waals surface area contributed by atoms with Crippen LogP contribution in [-0.2, 0) is 9.59 Å². The fourth-order valence-corrected chi connectivity index (χ4v) is 4.43. The number of allylic oxidation sites excluding steroid dienone is 2. The van der Waals surface area contributed by atoms with Gasteiger partial charge in [0.05, 0.1) is 11.8 Å². The van der Waals surface area contributed by atoms with Gasteiger partial charge in [-0.25, -0.2) is 0 Å². The molecule has 4 heteroatoms. The Bertz CT molecular complexity index is 824. The summed E-state index contributed by atoms with van der Waals surface area (Å²) in [5, 5.41) is 6.05. The molecule has 2 bridgehead atoms. The Labute approximate surface area is 166 Å². The third-order valence-corrected chi connectivity index (χ3v) is 5.99. The molecule has 0 radical (unpaired) electrons. The second-order valence-electron chi connectivity index (χ2n) is 8.05. The highest BCUT2D eigenvalue weighted by atomic mass is 16.2. The van der Waals surface area contributed by atoms with Crippen LogP contribution in [0.5, 0.6) is 0 Å². The van der Waals surface area contributed by atoms with E-state index in [2.05, 4.69) is 22.8 Å². The van der Waals surface area contributed by atoms with Gasteiger partial charge in [0.2, 0.25) is 11.8 Å². The molecule has 28 heavy (non-hydrogen) atoms. The van der Waals surface area contributed by atoms with E-state index >= 15 is 0 Å². The third-order valence-electron chi connectivity index (χ3n) is 5.99. The molecule has 1 saturated carbocycles. The number of fused-ring (bicyclic) bond motifs is 2. The summed E-state index contributed by atoms with van der Waals surface area (Å²) in [5.74, 6) is -0.571. The number of carbonyl (C=O) groups excluding carboxylic acids is 2. The molecular formula is C24H26N2O2. The molecule has 2 amide bonds. The molecule has 4 nitrogen and oxygen atoms in total. The lowest BCUT2D eigenvalue weighted by atomic mass is 9.61. The molecule has 144 valence electrons. The third kappa shape index (κ3) is 3.72. The first-order valence-corrected chi connectivity index (χ1v) is 9.94. The Balaban J connectivity index is 1.54. The predicted molar refractivity (Wildman–Crippen MR) is 112 cm³/mol. The lowest BCUT2D eigenvalue weighted by Gasteiger charge is -2.43. The number of hydrogen-bond donors (Lipinski definition) is 2. The highest BCUT2D eigenvalue weighted by Gasteiger charge is 2.48. The van der Waals surface area contributed by atoms with E-state index in [1.54, 1.807) is 0 Å². The van der Waals surface area contributed by atoms with E-state index in [4.69, 9.17) is 0 Å². The number of rotatable bonds is 4. The summed E-state index contributed by atoms with van der Waals surface area (Å²) in [6, 6.07) is 15.5.